The van der Waals surface area contributed by atoms with Crippen molar-refractivity contribution in [2.24, 2.45) is 0 Å². The Hall–Kier alpha value is 1.52. The summed E-state index contributed by atoms with van der Waals surface area (Å²) in [5.41, 5.74) is 0. The van der Waals surface area contributed by atoms with Crippen LogP contribution in [0.4, 0.5) is 0 Å². The standard InChI is InChI=1S/CH4O3S.CH.2In/c1-5(2,3)4;;;/h1H3,(H,2,3,4);1H;;/q;;;+1/p-1. The van der Waals surface area contributed by atoms with Crippen LogP contribution in [-0.2, 0) is 12.4 Å². The van der Waals surface area contributed by atoms with E-state index in [4.69, 9.17) is 0 Å². The van der Waals surface area contributed by atoms with E-state index >= 15 is 0 Å². The third kappa shape index (κ3) is 7.52. The monoisotopic (exact) mass is 338 g/mol. The molecule has 0 saturated carbocycles. The van der Waals surface area contributed by atoms with Crippen molar-refractivity contribution in [1.82, 2.24) is 0 Å². The van der Waals surface area contributed by atoms with E-state index in [-0.39, 0.29) is 0 Å². The molecule has 0 aliphatic heterocycles. The van der Waals surface area contributed by atoms with Gasteiger partial charge in [0, 0.05) is 0 Å². The molecule has 0 bridgehead atoms. The third-order valence-corrected chi connectivity index (χ3v) is 8.17. The molecule has 42 valence electrons. The Balaban J connectivity index is 3.57. The van der Waals surface area contributed by atoms with Gasteiger partial charge in [0.1, 0.15) is 0 Å². The second-order valence-electron chi connectivity index (χ2n) is 1.13. The summed E-state index contributed by atoms with van der Waals surface area (Å²) in [7, 11) is -3.11. The zero-order chi connectivity index (χ0) is 6.62. The first-order valence-electron chi connectivity index (χ1n) is 1.81. The Kier molecular flexibility index (Phi) is 5.18. The first-order chi connectivity index (χ1) is 3.56. The van der Waals surface area contributed by atoms with Crippen LogP contribution in [0.25, 0.3) is 0 Å². The van der Waals surface area contributed by atoms with E-state index in [1.807, 2.05) is 1.51 Å². The van der Waals surface area contributed by atoms with Gasteiger partial charge in [-0.1, -0.05) is 0 Å². The average molecular weight is 338 g/mol. The normalized spacial score (nSPS) is 10.5. The van der Waals surface area contributed by atoms with Crippen LogP contribution >= 0.6 is 0 Å². The van der Waals surface area contributed by atoms with Gasteiger partial charge in [-0.2, -0.15) is 0 Å². The summed E-state index contributed by atoms with van der Waals surface area (Å²) in [5, 5.41) is 0. The molecule has 0 heterocycles. The van der Waals surface area contributed by atoms with Crippen LogP contribution in [0.1, 0.15) is 0 Å². The average Bonchev–Trinajstić information content (AvgIpc) is 1.59. The summed E-state index contributed by atoms with van der Waals surface area (Å²) in [6.07, 6.45) is 1.09. The van der Waals surface area contributed by atoms with Crippen molar-refractivity contribution in [1.29, 1.82) is 0 Å². The van der Waals surface area contributed by atoms with Gasteiger partial charge in [-0.25, -0.2) is 0 Å². The number of hydrogen-bond donors (Lipinski definition) is 0. The zero-order valence-corrected chi connectivity index (χ0v) is 11.8. The van der Waals surface area contributed by atoms with Crippen molar-refractivity contribution < 1.29 is 10.7 Å². The van der Waals surface area contributed by atoms with Crippen molar-refractivity contribution in [2.75, 3.05) is 6.26 Å². The topological polar surface area (TPSA) is 43.4 Å². The molecule has 0 unspecified atom stereocenters. The van der Waals surface area contributed by atoms with Crippen LogP contribution in [0.2, 0.25) is 0 Å². The predicted octanol–water partition coefficient (Wildman–Crippen LogP) is -1.49. The Morgan fingerprint density at radius 2 is 2.25 bits per heavy atom. The fraction of sp³-hybridized carbons (Fsp3) is 0.500. The van der Waals surface area contributed by atoms with Crippen LogP contribution in [0.15, 0.2) is 0 Å². The van der Waals surface area contributed by atoms with E-state index < -0.39 is 33.5 Å². The fourth-order valence-electron chi connectivity index (χ4n) is 0.133. The van der Waals surface area contributed by atoms with Crippen LogP contribution in [-0.4, -0.2) is 63.4 Å². The summed E-state index contributed by atoms with van der Waals surface area (Å²) in [6.45, 7) is 0. The molecule has 0 aliphatic carbocycles. The molecule has 0 aromatic carbocycles. The second-order valence-corrected chi connectivity index (χ2v) is 13.6. The molecule has 3 nitrogen and oxygen atoms in total. The molecule has 0 spiro atoms. The van der Waals surface area contributed by atoms with Crippen molar-refractivity contribution in [2.45, 2.75) is 0 Å². The number of hydrogen-bond acceptors (Lipinski definition) is 3. The molecule has 0 aromatic rings. The molecular weight excluding hydrogens is 334 g/mol. The maximum atomic E-state index is 10.2. The minimum absolute atomic E-state index is 1.01. The molecule has 6 heteroatoms. The van der Waals surface area contributed by atoms with Gasteiger partial charge in [-0.3, -0.25) is 0 Å². The maximum absolute atomic E-state index is 10.2. The van der Waals surface area contributed by atoms with Gasteiger partial charge in [-0.15, -0.1) is 0 Å². The first kappa shape index (κ1) is 9.52. The van der Waals surface area contributed by atoms with Crippen molar-refractivity contribution >= 4 is 58.9 Å². The Labute approximate surface area is 74.9 Å². The summed E-state index contributed by atoms with van der Waals surface area (Å²) < 4.78 is 26.9. The molecule has 2 radical (unpaired) electrons. The van der Waals surface area contributed by atoms with Gasteiger partial charge in [0.25, 0.3) is 0 Å². The van der Waals surface area contributed by atoms with E-state index in [1.54, 1.807) is 0 Å². The Bertz CT molecular complexity index is 160. The number of rotatable bonds is 3. The van der Waals surface area contributed by atoms with E-state index in [0.717, 1.165) is 30.1 Å². The molecule has 0 atom stereocenters. The van der Waals surface area contributed by atoms with Crippen LogP contribution in [0, 0.1) is 0 Å². The molecular formula is C2H4In2O3S. The summed E-state index contributed by atoms with van der Waals surface area (Å²) in [4.78, 5) is 0. The van der Waals surface area contributed by atoms with Gasteiger partial charge < -0.3 is 0 Å². The summed E-state index contributed by atoms with van der Waals surface area (Å²) >= 11 is -0.221. The quantitative estimate of drug-likeness (QED) is 0.630. The molecule has 0 rings (SSSR count). The van der Waals surface area contributed by atoms with E-state index in [0.29, 0.717) is 0 Å². The summed E-state index contributed by atoms with van der Waals surface area (Å²) in [6, 6.07) is 0. The van der Waals surface area contributed by atoms with E-state index in [2.05, 4.69) is 2.30 Å². The van der Waals surface area contributed by atoms with Gasteiger partial charge >= 0.3 is 75.8 Å². The van der Waals surface area contributed by atoms with Crippen molar-refractivity contribution in [3.8, 4) is 0 Å². The molecule has 0 aromatic heterocycles. The van der Waals surface area contributed by atoms with E-state index in [9.17, 15) is 8.42 Å². The first-order valence-corrected chi connectivity index (χ1v) is 8.78. The van der Waals surface area contributed by atoms with Gasteiger partial charge in [-0.05, 0) is 0 Å². The zero-order valence-electron chi connectivity index (χ0n) is 4.37. The van der Waals surface area contributed by atoms with E-state index in [1.165, 1.54) is 0 Å². The van der Waals surface area contributed by atoms with Gasteiger partial charge in [0.15, 0.2) is 0 Å². The SMILES string of the molecule is CS(=O)(=O)[O][In][CH]=[In]. The molecule has 0 aliphatic rings. The molecule has 8 heavy (non-hydrogen) atoms. The van der Waals surface area contributed by atoms with Gasteiger partial charge in [0.05, 0.1) is 0 Å². The van der Waals surface area contributed by atoms with Crippen LogP contribution in [0.3, 0.4) is 0 Å². The van der Waals surface area contributed by atoms with Crippen molar-refractivity contribution in [3.63, 3.8) is 0 Å². The van der Waals surface area contributed by atoms with Crippen LogP contribution < -0.4 is 0 Å². The van der Waals surface area contributed by atoms with Crippen LogP contribution in [0.5, 0.6) is 0 Å². The molecule has 0 saturated heterocycles. The fourth-order valence-corrected chi connectivity index (χ4v) is 6.36. The third-order valence-electron chi connectivity index (χ3n) is 0.309. The molecule has 0 N–H and O–H groups in total. The molecule has 0 amide bonds. The van der Waals surface area contributed by atoms with Crippen molar-refractivity contribution in [3.05, 3.63) is 0 Å². The van der Waals surface area contributed by atoms with Gasteiger partial charge in [0.2, 0.25) is 0 Å². The second kappa shape index (κ2) is 4.35. The minimum atomic E-state index is -3.11. The summed E-state index contributed by atoms with van der Waals surface area (Å²) in [5.74, 6) is 0. The Morgan fingerprint density at radius 1 is 1.75 bits per heavy atom. The Morgan fingerprint density at radius 3 is 2.38 bits per heavy atom. The predicted molar refractivity (Wildman–Crippen MR) is 33.5 cm³/mol. The molecule has 0 fully saturated rings.